The van der Waals surface area contributed by atoms with Crippen molar-refractivity contribution in [1.82, 2.24) is 20.4 Å². The molecule has 3 rings (SSSR count). The van der Waals surface area contributed by atoms with Gasteiger partial charge in [0.15, 0.2) is 0 Å². The second-order valence-corrected chi connectivity index (χ2v) is 5.21. The largest absolute Gasteiger partial charge is 0.412 e. The summed E-state index contributed by atoms with van der Waals surface area (Å²) in [6.07, 6.45) is 0. The number of anilines is 1. The average molecular weight is 317 g/mol. The van der Waals surface area contributed by atoms with Crippen LogP contribution in [0.15, 0.2) is 28.7 Å². The number of hydrogen-bond acceptors (Lipinski definition) is 7. The van der Waals surface area contributed by atoms with Crippen molar-refractivity contribution in [2.45, 2.75) is 0 Å². The van der Waals surface area contributed by atoms with E-state index in [1.54, 1.807) is 12.1 Å². The number of benzene rings is 1. The summed E-state index contributed by atoms with van der Waals surface area (Å²) < 4.78 is 10.7. The lowest BCUT2D eigenvalue weighted by atomic mass is 10.2. The summed E-state index contributed by atoms with van der Waals surface area (Å²) in [7, 11) is 0. The number of rotatable bonds is 5. The van der Waals surface area contributed by atoms with Crippen LogP contribution in [0.5, 0.6) is 0 Å². The second-order valence-electron chi connectivity index (χ2n) is 5.21. The Balaban J connectivity index is 1.55. The van der Waals surface area contributed by atoms with E-state index in [9.17, 15) is 4.79 Å². The van der Waals surface area contributed by atoms with Gasteiger partial charge in [-0.3, -0.25) is 9.69 Å². The second kappa shape index (κ2) is 7.21. The molecular formula is C15H19N5O3. The molecule has 8 nitrogen and oxygen atoms in total. The molecule has 0 atom stereocenters. The van der Waals surface area contributed by atoms with E-state index in [0.717, 1.165) is 32.8 Å². The van der Waals surface area contributed by atoms with Crippen LogP contribution in [0.3, 0.4) is 0 Å². The Morgan fingerprint density at radius 2 is 2.04 bits per heavy atom. The van der Waals surface area contributed by atoms with Gasteiger partial charge in [-0.2, -0.15) is 0 Å². The van der Waals surface area contributed by atoms with Crippen LogP contribution in [0.1, 0.15) is 10.7 Å². The Labute approximate surface area is 133 Å². The highest BCUT2D eigenvalue weighted by atomic mass is 16.5. The molecule has 122 valence electrons. The van der Waals surface area contributed by atoms with Crippen LogP contribution < -0.4 is 11.1 Å². The highest BCUT2D eigenvalue weighted by Crippen LogP contribution is 2.23. The van der Waals surface area contributed by atoms with Crippen LogP contribution in [0.2, 0.25) is 0 Å². The van der Waals surface area contributed by atoms with Gasteiger partial charge in [-0.25, -0.2) is 0 Å². The molecule has 0 aliphatic carbocycles. The molecule has 0 saturated carbocycles. The number of nitrogens with two attached hydrogens (primary N) is 1. The quantitative estimate of drug-likeness (QED) is 0.768. The minimum atomic E-state index is -0.383. The van der Waals surface area contributed by atoms with E-state index in [-0.39, 0.29) is 17.7 Å². The molecule has 0 bridgehead atoms. The topological polar surface area (TPSA) is 107 Å². The first-order valence-corrected chi connectivity index (χ1v) is 7.51. The standard InChI is InChI=1S/C15H19N5O3/c16-12-4-2-1-3-11(12)14-18-19-15(23-14)13(21)17-5-6-20-7-9-22-10-8-20/h1-4H,5-10,16H2,(H,17,21). The van der Waals surface area contributed by atoms with Crippen molar-refractivity contribution in [1.29, 1.82) is 0 Å². The number of nitrogens with zero attached hydrogens (tertiary/aromatic N) is 3. The van der Waals surface area contributed by atoms with Crippen LogP contribution in [-0.2, 0) is 4.74 Å². The third-order valence-electron chi connectivity index (χ3n) is 3.63. The number of morpholine rings is 1. The summed E-state index contributed by atoms with van der Waals surface area (Å²) in [6, 6.07) is 7.14. The lowest BCUT2D eigenvalue weighted by Gasteiger charge is -2.26. The van der Waals surface area contributed by atoms with Gasteiger partial charge in [0.25, 0.3) is 0 Å². The molecule has 1 aliphatic rings. The van der Waals surface area contributed by atoms with Gasteiger partial charge in [-0.1, -0.05) is 12.1 Å². The SMILES string of the molecule is Nc1ccccc1-c1nnc(C(=O)NCCN2CCOCC2)o1. The first-order chi connectivity index (χ1) is 11.2. The van der Waals surface area contributed by atoms with Gasteiger partial charge in [0.1, 0.15) is 0 Å². The van der Waals surface area contributed by atoms with Crippen LogP contribution >= 0.6 is 0 Å². The first kappa shape index (κ1) is 15.4. The Morgan fingerprint density at radius 1 is 1.26 bits per heavy atom. The number of amides is 1. The van der Waals surface area contributed by atoms with Gasteiger partial charge in [-0.15, -0.1) is 10.2 Å². The van der Waals surface area contributed by atoms with Crippen molar-refractivity contribution in [2.24, 2.45) is 0 Å². The van der Waals surface area contributed by atoms with Crippen LogP contribution in [0.25, 0.3) is 11.5 Å². The average Bonchev–Trinajstić information content (AvgIpc) is 3.06. The number of para-hydroxylation sites is 1. The smallest absolute Gasteiger partial charge is 0.308 e. The first-order valence-electron chi connectivity index (χ1n) is 7.51. The molecular weight excluding hydrogens is 298 g/mol. The molecule has 2 aromatic rings. The van der Waals surface area contributed by atoms with E-state index in [2.05, 4.69) is 20.4 Å². The normalized spacial score (nSPS) is 15.5. The maximum atomic E-state index is 12.0. The molecule has 1 saturated heterocycles. The maximum absolute atomic E-state index is 12.0. The van der Waals surface area contributed by atoms with Gasteiger partial charge in [0, 0.05) is 31.9 Å². The molecule has 0 spiro atoms. The number of carbonyl (C=O) groups is 1. The minimum absolute atomic E-state index is 0.0646. The van der Waals surface area contributed by atoms with Crippen molar-refractivity contribution in [3.05, 3.63) is 30.2 Å². The van der Waals surface area contributed by atoms with Crippen molar-refractivity contribution in [3.8, 4) is 11.5 Å². The molecule has 1 fully saturated rings. The van der Waals surface area contributed by atoms with Gasteiger partial charge in [0.05, 0.1) is 18.8 Å². The lowest BCUT2D eigenvalue weighted by molar-refractivity contribution is 0.0382. The number of nitrogens with one attached hydrogen (secondary N) is 1. The predicted octanol–water partition coefficient (Wildman–Crippen LogP) is 0.381. The van der Waals surface area contributed by atoms with E-state index < -0.39 is 0 Å². The Kier molecular flexibility index (Phi) is 4.84. The van der Waals surface area contributed by atoms with Crippen LogP contribution in [-0.4, -0.2) is 60.4 Å². The van der Waals surface area contributed by atoms with Crippen LogP contribution in [0.4, 0.5) is 5.69 Å². The molecule has 3 N–H and O–H groups in total. The van der Waals surface area contributed by atoms with Gasteiger partial charge in [0.2, 0.25) is 5.89 Å². The molecule has 1 aromatic carbocycles. The molecule has 2 heterocycles. The van der Waals surface area contributed by atoms with Crippen molar-refractivity contribution in [3.63, 3.8) is 0 Å². The van der Waals surface area contributed by atoms with E-state index in [0.29, 0.717) is 17.8 Å². The molecule has 1 aromatic heterocycles. The highest BCUT2D eigenvalue weighted by molar-refractivity contribution is 5.89. The summed E-state index contributed by atoms with van der Waals surface area (Å²) in [4.78, 5) is 14.3. The number of ether oxygens (including phenoxy) is 1. The van der Waals surface area contributed by atoms with E-state index in [1.807, 2.05) is 12.1 Å². The van der Waals surface area contributed by atoms with Gasteiger partial charge in [-0.05, 0) is 12.1 Å². The fourth-order valence-electron chi connectivity index (χ4n) is 2.34. The van der Waals surface area contributed by atoms with Gasteiger partial charge < -0.3 is 20.2 Å². The molecule has 8 heteroatoms. The summed E-state index contributed by atoms with van der Waals surface area (Å²) in [6.45, 7) is 4.52. The molecule has 0 radical (unpaired) electrons. The number of aromatic nitrogens is 2. The third kappa shape index (κ3) is 3.85. The maximum Gasteiger partial charge on any atom is 0.308 e. The zero-order valence-corrected chi connectivity index (χ0v) is 12.7. The predicted molar refractivity (Wildman–Crippen MR) is 83.7 cm³/mol. The number of nitrogen functional groups attached to an aromatic ring is 1. The lowest BCUT2D eigenvalue weighted by Crippen LogP contribution is -2.41. The van der Waals surface area contributed by atoms with Crippen molar-refractivity contribution < 1.29 is 13.9 Å². The third-order valence-corrected chi connectivity index (χ3v) is 3.63. The molecule has 1 aliphatic heterocycles. The van der Waals surface area contributed by atoms with E-state index in [1.165, 1.54) is 0 Å². The molecule has 23 heavy (non-hydrogen) atoms. The number of hydrogen-bond donors (Lipinski definition) is 2. The summed E-state index contributed by atoms with van der Waals surface area (Å²) >= 11 is 0. The Morgan fingerprint density at radius 3 is 2.83 bits per heavy atom. The summed E-state index contributed by atoms with van der Waals surface area (Å²) in [5.74, 6) is -0.210. The fraction of sp³-hybridized carbons (Fsp3) is 0.400. The van der Waals surface area contributed by atoms with E-state index in [4.69, 9.17) is 14.9 Å². The van der Waals surface area contributed by atoms with Crippen LogP contribution in [0, 0.1) is 0 Å². The Hall–Kier alpha value is -2.45. The monoisotopic (exact) mass is 317 g/mol. The molecule has 1 amide bonds. The Bertz CT molecular complexity index is 667. The highest BCUT2D eigenvalue weighted by Gasteiger charge is 2.17. The summed E-state index contributed by atoms with van der Waals surface area (Å²) in [5, 5.41) is 10.4. The summed E-state index contributed by atoms with van der Waals surface area (Å²) in [5.41, 5.74) is 7.00. The number of carbonyl (C=O) groups excluding carboxylic acids is 1. The molecule has 0 unspecified atom stereocenters. The van der Waals surface area contributed by atoms with Crippen molar-refractivity contribution in [2.75, 3.05) is 45.1 Å². The fourth-order valence-corrected chi connectivity index (χ4v) is 2.34. The zero-order valence-electron chi connectivity index (χ0n) is 12.7. The van der Waals surface area contributed by atoms with E-state index >= 15 is 0 Å². The zero-order chi connectivity index (χ0) is 16.1. The van der Waals surface area contributed by atoms with Crippen molar-refractivity contribution >= 4 is 11.6 Å². The minimum Gasteiger partial charge on any atom is -0.412 e. The van der Waals surface area contributed by atoms with Gasteiger partial charge >= 0.3 is 11.8 Å².